The lowest BCUT2D eigenvalue weighted by atomic mass is 10.2. The Labute approximate surface area is 170 Å². The summed E-state index contributed by atoms with van der Waals surface area (Å²) in [5.41, 5.74) is 0.690. The number of sulfonamides is 1. The van der Waals surface area contributed by atoms with E-state index in [1.807, 2.05) is 0 Å². The average Bonchev–Trinajstić information content (AvgIpc) is 2.61. The second-order valence-corrected chi connectivity index (χ2v) is 8.52. The fourth-order valence-electron chi connectivity index (χ4n) is 2.38. The third-order valence-electron chi connectivity index (χ3n) is 3.66. The highest BCUT2D eigenvalue weighted by Crippen LogP contribution is 2.27. The summed E-state index contributed by atoms with van der Waals surface area (Å²) in [6.07, 6.45) is 0. The lowest BCUT2D eigenvalue weighted by Gasteiger charge is -2.19. The third-order valence-corrected chi connectivity index (χ3v) is 6.44. The van der Waals surface area contributed by atoms with Crippen molar-refractivity contribution in [2.75, 3.05) is 13.7 Å². The molecule has 28 heavy (non-hydrogen) atoms. The smallest absolute Gasteiger partial charge is 0.387 e. The molecule has 0 aromatic heterocycles. The molecule has 152 valence electrons. The summed E-state index contributed by atoms with van der Waals surface area (Å²) in [6.45, 7) is -1.16. The summed E-state index contributed by atoms with van der Waals surface area (Å²) >= 11 is 3.18. The quantitative estimate of drug-likeness (QED) is 0.536. The molecular weight excluding hydrogens is 460 g/mol. The van der Waals surface area contributed by atoms with Gasteiger partial charge in [-0.25, -0.2) is 13.2 Å². The Kier molecular flexibility index (Phi) is 7.50. The molecule has 0 aliphatic rings. The van der Waals surface area contributed by atoms with Gasteiger partial charge in [0, 0.05) is 18.1 Å². The summed E-state index contributed by atoms with van der Waals surface area (Å²) in [7, 11) is -2.55. The summed E-state index contributed by atoms with van der Waals surface area (Å²) in [5, 5.41) is 0. The number of rotatable bonds is 8. The Bertz CT molecular complexity index is 953. The molecule has 0 aliphatic heterocycles. The summed E-state index contributed by atoms with van der Waals surface area (Å²) in [5.74, 6) is -0.616. The average molecular weight is 478 g/mol. The molecule has 2 aromatic carbocycles. The van der Waals surface area contributed by atoms with Gasteiger partial charge in [-0.05, 0) is 58.7 Å². The van der Waals surface area contributed by atoms with E-state index in [0.29, 0.717) is 5.56 Å². The number of carbonyl (C=O) groups excluding carboxylic acids is 1. The number of alkyl halides is 2. The Hall–Kier alpha value is -2.04. The minimum Gasteiger partial charge on any atom is -0.462 e. The molecule has 6 nitrogen and oxygen atoms in total. The second kappa shape index (κ2) is 9.44. The number of esters is 1. The van der Waals surface area contributed by atoms with Crippen molar-refractivity contribution < 1.29 is 31.5 Å². The molecule has 0 saturated heterocycles. The molecule has 0 unspecified atom stereocenters. The van der Waals surface area contributed by atoms with E-state index in [1.165, 1.54) is 43.4 Å². The summed E-state index contributed by atoms with van der Waals surface area (Å²) in [6, 6.07) is 9.83. The van der Waals surface area contributed by atoms with Crippen LogP contribution in [0.2, 0.25) is 0 Å². The van der Waals surface area contributed by atoms with Crippen molar-refractivity contribution in [3.63, 3.8) is 0 Å². The molecule has 0 atom stereocenters. The molecule has 0 amide bonds. The van der Waals surface area contributed by atoms with Gasteiger partial charge in [-0.2, -0.15) is 13.1 Å². The predicted molar refractivity (Wildman–Crippen MR) is 102 cm³/mol. The van der Waals surface area contributed by atoms with Crippen LogP contribution in [0.5, 0.6) is 5.75 Å². The first-order valence-electron chi connectivity index (χ1n) is 8.12. The SMILES string of the molecule is CCOC(=O)c1ccc(S(=O)(=O)N(C)Cc2cccc(OC(F)F)c2)c(Br)c1. The van der Waals surface area contributed by atoms with Gasteiger partial charge in [0.05, 0.1) is 17.1 Å². The van der Waals surface area contributed by atoms with Crippen LogP contribution in [0.3, 0.4) is 0 Å². The number of hydrogen-bond donors (Lipinski definition) is 0. The van der Waals surface area contributed by atoms with Gasteiger partial charge < -0.3 is 9.47 Å². The molecule has 0 fully saturated rings. The van der Waals surface area contributed by atoms with Crippen LogP contribution < -0.4 is 4.74 Å². The molecular formula is C18H18BrF2NO5S. The fraction of sp³-hybridized carbons (Fsp3) is 0.278. The van der Waals surface area contributed by atoms with E-state index in [2.05, 4.69) is 20.7 Å². The van der Waals surface area contributed by atoms with Gasteiger partial charge in [-0.1, -0.05) is 12.1 Å². The number of benzene rings is 2. The monoisotopic (exact) mass is 477 g/mol. The number of carbonyl (C=O) groups is 1. The van der Waals surface area contributed by atoms with Crippen molar-refractivity contribution in [1.82, 2.24) is 4.31 Å². The number of hydrogen-bond acceptors (Lipinski definition) is 5. The molecule has 10 heteroatoms. The maximum absolute atomic E-state index is 12.9. The van der Waals surface area contributed by atoms with E-state index in [9.17, 15) is 22.0 Å². The van der Waals surface area contributed by atoms with Crippen LogP contribution in [-0.2, 0) is 21.3 Å². The Balaban J connectivity index is 2.23. The molecule has 2 aromatic rings. The largest absolute Gasteiger partial charge is 0.462 e. The minimum absolute atomic E-state index is 0.0389. The van der Waals surface area contributed by atoms with Crippen LogP contribution in [-0.4, -0.2) is 39.0 Å². The second-order valence-electron chi connectivity index (χ2n) is 5.65. The van der Waals surface area contributed by atoms with Gasteiger partial charge in [0.2, 0.25) is 10.0 Å². The van der Waals surface area contributed by atoms with E-state index in [4.69, 9.17) is 4.74 Å². The van der Waals surface area contributed by atoms with Gasteiger partial charge in [-0.15, -0.1) is 0 Å². The molecule has 0 bridgehead atoms. The molecule has 0 spiro atoms. The highest BCUT2D eigenvalue weighted by Gasteiger charge is 2.24. The van der Waals surface area contributed by atoms with Crippen LogP contribution in [0.15, 0.2) is 51.8 Å². The summed E-state index contributed by atoms with van der Waals surface area (Å²) < 4.78 is 60.9. The molecule has 0 saturated carbocycles. The van der Waals surface area contributed by atoms with E-state index in [1.54, 1.807) is 13.0 Å². The van der Waals surface area contributed by atoms with Gasteiger partial charge in [0.1, 0.15) is 5.75 Å². The van der Waals surface area contributed by atoms with Crippen LogP contribution in [0, 0.1) is 0 Å². The van der Waals surface area contributed by atoms with Crippen molar-refractivity contribution in [1.29, 1.82) is 0 Å². The van der Waals surface area contributed by atoms with Crippen molar-refractivity contribution in [2.24, 2.45) is 0 Å². The standard InChI is InChI=1S/C18H18BrF2NO5S/c1-3-26-17(23)13-7-8-16(15(19)10-13)28(24,25)22(2)11-12-5-4-6-14(9-12)27-18(20)21/h4-10,18H,3,11H2,1-2H3. The zero-order valence-corrected chi connectivity index (χ0v) is 17.5. The molecule has 0 heterocycles. The number of nitrogens with zero attached hydrogens (tertiary/aromatic N) is 1. The van der Waals surface area contributed by atoms with Crippen molar-refractivity contribution in [3.8, 4) is 5.75 Å². The van der Waals surface area contributed by atoms with Gasteiger partial charge in [0.25, 0.3) is 0 Å². The zero-order chi connectivity index (χ0) is 20.9. The van der Waals surface area contributed by atoms with Crippen molar-refractivity contribution >= 4 is 31.9 Å². The Morgan fingerprint density at radius 2 is 1.93 bits per heavy atom. The van der Waals surface area contributed by atoms with Crippen LogP contribution >= 0.6 is 15.9 Å². The van der Waals surface area contributed by atoms with Gasteiger partial charge >= 0.3 is 12.6 Å². The molecule has 0 N–H and O–H groups in total. The maximum atomic E-state index is 12.9. The first kappa shape index (κ1) is 22.3. The van der Waals surface area contributed by atoms with Crippen molar-refractivity contribution in [2.45, 2.75) is 25.0 Å². The van der Waals surface area contributed by atoms with Crippen LogP contribution in [0.25, 0.3) is 0 Å². The first-order valence-corrected chi connectivity index (χ1v) is 10.3. The van der Waals surface area contributed by atoms with E-state index in [-0.39, 0.29) is 33.8 Å². The highest BCUT2D eigenvalue weighted by molar-refractivity contribution is 9.10. The van der Waals surface area contributed by atoms with E-state index in [0.717, 1.165) is 4.31 Å². The van der Waals surface area contributed by atoms with Crippen molar-refractivity contribution in [3.05, 3.63) is 58.1 Å². The van der Waals surface area contributed by atoms with Crippen LogP contribution in [0.1, 0.15) is 22.8 Å². The Morgan fingerprint density at radius 3 is 2.54 bits per heavy atom. The highest BCUT2D eigenvalue weighted by atomic mass is 79.9. The maximum Gasteiger partial charge on any atom is 0.387 e. The zero-order valence-electron chi connectivity index (χ0n) is 15.1. The van der Waals surface area contributed by atoms with E-state index >= 15 is 0 Å². The van der Waals surface area contributed by atoms with Crippen LogP contribution in [0.4, 0.5) is 8.78 Å². The lowest BCUT2D eigenvalue weighted by Crippen LogP contribution is -2.27. The Morgan fingerprint density at radius 1 is 1.21 bits per heavy atom. The lowest BCUT2D eigenvalue weighted by molar-refractivity contribution is -0.0499. The van der Waals surface area contributed by atoms with Gasteiger partial charge in [-0.3, -0.25) is 0 Å². The summed E-state index contributed by atoms with van der Waals surface area (Å²) in [4.78, 5) is 11.7. The molecule has 2 rings (SSSR count). The minimum atomic E-state index is -3.91. The van der Waals surface area contributed by atoms with E-state index < -0.39 is 22.6 Å². The molecule has 0 radical (unpaired) electrons. The van der Waals surface area contributed by atoms with Gasteiger partial charge in [0.15, 0.2) is 0 Å². The predicted octanol–water partition coefficient (Wildman–Crippen LogP) is 4.05. The third kappa shape index (κ3) is 5.49. The number of halogens is 3. The topological polar surface area (TPSA) is 72.9 Å². The fourth-order valence-corrected chi connectivity index (χ4v) is 4.57. The number of ether oxygens (including phenoxy) is 2. The normalized spacial score (nSPS) is 11.7. The molecule has 0 aliphatic carbocycles. The first-order chi connectivity index (χ1) is 13.1.